The molecule has 0 atom stereocenters. The van der Waals surface area contributed by atoms with Gasteiger partial charge in [0, 0.05) is 14.1 Å². The Kier molecular flexibility index (Phi) is 5.37. The first kappa shape index (κ1) is 15.0. The Bertz CT molecular complexity index is 458. The molecule has 2 N–H and O–H groups in total. The van der Waals surface area contributed by atoms with Crippen LogP contribution in [0.5, 0.6) is 0 Å². The minimum atomic E-state index is -0.849. The highest BCUT2D eigenvalue weighted by Crippen LogP contribution is 2.17. The molecule has 104 valence electrons. The zero-order valence-corrected chi connectivity index (χ0v) is 10.7. The predicted octanol–water partition coefficient (Wildman–Crippen LogP) is 0.581. The number of para-hydroxylation sites is 1. The second-order valence-corrected chi connectivity index (χ2v) is 4.04. The van der Waals surface area contributed by atoms with E-state index in [0.717, 1.165) is 12.1 Å². The van der Waals surface area contributed by atoms with Crippen LogP contribution in [0.25, 0.3) is 0 Å². The number of amides is 2. The molecule has 0 aliphatic carbocycles. The average Bonchev–Trinajstić information content (AvgIpc) is 2.33. The van der Waals surface area contributed by atoms with Gasteiger partial charge in [0.05, 0.1) is 13.1 Å². The summed E-state index contributed by atoms with van der Waals surface area (Å²) in [6, 6.07) is 3.29. The highest BCUT2D eigenvalue weighted by Gasteiger charge is 2.12. The highest BCUT2D eigenvalue weighted by atomic mass is 19.1. The number of nitrogens with one attached hydrogen (secondary N) is 2. The first-order valence-corrected chi connectivity index (χ1v) is 5.56. The minimum Gasteiger partial charge on any atom is -0.348 e. The summed E-state index contributed by atoms with van der Waals surface area (Å²) in [6.45, 7) is -0.243. The quantitative estimate of drug-likeness (QED) is 0.823. The van der Waals surface area contributed by atoms with Crippen LogP contribution in [0.1, 0.15) is 0 Å². The number of halogens is 2. The molecule has 1 aromatic rings. The lowest BCUT2D eigenvalue weighted by molar-refractivity contribution is -0.127. The number of carbonyl (C=O) groups is 2. The van der Waals surface area contributed by atoms with Crippen LogP contribution in [0, 0.1) is 11.6 Å². The van der Waals surface area contributed by atoms with Gasteiger partial charge in [-0.1, -0.05) is 6.07 Å². The third-order valence-electron chi connectivity index (χ3n) is 2.29. The van der Waals surface area contributed by atoms with E-state index in [-0.39, 0.29) is 19.0 Å². The summed E-state index contributed by atoms with van der Waals surface area (Å²) in [7, 11) is 3.16. The van der Waals surface area contributed by atoms with Crippen LogP contribution in [0.2, 0.25) is 0 Å². The van der Waals surface area contributed by atoms with E-state index in [1.807, 2.05) is 0 Å². The van der Waals surface area contributed by atoms with E-state index in [1.54, 1.807) is 14.1 Å². The molecular weight excluding hydrogens is 256 g/mol. The number of hydrogen-bond acceptors (Lipinski definition) is 3. The molecule has 0 fully saturated rings. The van der Waals surface area contributed by atoms with E-state index in [9.17, 15) is 18.4 Å². The summed E-state index contributed by atoms with van der Waals surface area (Å²) in [6.07, 6.45) is 0. The zero-order valence-electron chi connectivity index (χ0n) is 10.7. The third kappa shape index (κ3) is 4.63. The molecule has 0 saturated heterocycles. The van der Waals surface area contributed by atoms with Crippen LogP contribution < -0.4 is 10.6 Å². The van der Waals surface area contributed by atoms with Crippen LogP contribution in [-0.2, 0) is 9.59 Å². The zero-order chi connectivity index (χ0) is 14.4. The number of carbonyl (C=O) groups excluding carboxylic acids is 2. The molecule has 2 amide bonds. The van der Waals surface area contributed by atoms with Gasteiger partial charge in [-0.25, -0.2) is 8.78 Å². The first-order chi connectivity index (χ1) is 8.91. The van der Waals surface area contributed by atoms with Gasteiger partial charge in [0.25, 0.3) is 0 Å². The van der Waals surface area contributed by atoms with Crippen molar-refractivity contribution in [1.82, 2.24) is 10.2 Å². The second-order valence-electron chi connectivity index (χ2n) is 4.04. The van der Waals surface area contributed by atoms with Crippen molar-refractivity contribution in [2.24, 2.45) is 0 Å². The number of anilines is 1. The summed E-state index contributed by atoms with van der Waals surface area (Å²) >= 11 is 0. The molecule has 1 rings (SSSR count). The van der Waals surface area contributed by atoms with Crippen molar-refractivity contribution in [3.8, 4) is 0 Å². The molecule has 0 radical (unpaired) electrons. The van der Waals surface area contributed by atoms with Crippen molar-refractivity contribution >= 4 is 17.5 Å². The summed E-state index contributed by atoms with van der Waals surface area (Å²) < 4.78 is 26.5. The number of nitrogens with zero attached hydrogens (tertiary/aromatic N) is 1. The largest absolute Gasteiger partial charge is 0.348 e. The van der Waals surface area contributed by atoms with E-state index in [0.29, 0.717) is 0 Å². The molecule has 0 aromatic heterocycles. The van der Waals surface area contributed by atoms with Gasteiger partial charge >= 0.3 is 0 Å². The SMILES string of the molecule is CN(C)C(=O)CNCC(=O)Nc1c(F)cccc1F. The molecule has 7 heteroatoms. The summed E-state index contributed by atoms with van der Waals surface area (Å²) in [5.74, 6) is -2.53. The van der Waals surface area contributed by atoms with Gasteiger partial charge in [-0.15, -0.1) is 0 Å². The molecule has 0 heterocycles. The fourth-order valence-corrected chi connectivity index (χ4v) is 1.24. The molecule has 0 spiro atoms. The minimum absolute atomic E-state index is 0.0276. The van der Waals surface area contributed by atoms with Gasteiger partial charge in [-0.05, 0) is 12.1 Å². The van der Waals surface area contributed by atoms with Crippen LogP contribution in [0.4, 0.5) is 14.5 Å². The molecular formula is C12H15F2N3O2. The van der Waals surface area contributed by atoms with Crippen LogP contribution in [-0.4, -0.2) is 43.9 Å². The van der Waals surface area contributed by atoms with Crippen LogP contribution >= 0.6 is 0 Å². The molecule has 0 aliphatic rings. The van der Waals surface area contributed by atoms with Crippen molar-refractivity contribution in [3.63, 3.8) is 0 Å². The Hall–Kier alpha value is -2.02. The van der Waals surface area contributed by atoms with Gasteiger partial charge in [0.2, 0.25) is 11.8 Å². The smallest absolute Gasteiger partial charge is 0.238 e. The first-order valence-electron chi connectivity index (χ1n) is 5.56. The number of likely N-dealkylation sites (N-methyl/N-ethyl adjacent to an activating group) is 1. The molecule has 1 aromatic carbocycles. The average molecular weight is 271 g/mol. The fourth-order valence-electron chi connectivity index (χ4n) is 1.24. The van der Waals surface area contributed by atoms with Gasteiger partial charge in [-0.3, -0.25) is 14.9 Å². The Balaban J connectivity index is 2.46. The van der Waals surface area contributed by atoms with Crippen LogP contribution in [0.15, 0.2) is 18.2 Å². The summed E-state index contributed by atoms with van der Waals surface area (Å²) in [5, 5.41) is 4.68. The van der Waals surface area contributed by atoms with Gasteiger partial charge in [-0.2, -0.15) is 0 Å². The third-order valence-corrected chi connectivity index (χ3v) is 2.29. The topological polar surface area (TPSA) is 61.4 Å². The van der Waals surface area contributed by atoms with Gasteiger partial charge in [0.15, 0.2) is 0 Å². The van der Waals surface area contributed by atoms with Crippen molar-refractivity contribution in [3.05, 3.63) is 29.8 Å². The Morgan fingerprint density at radius 3 is 2.26 bits per heavy atom. The van der Waals surface area contributed by atoms with E-state index in [2.05, 4.69) is 10.6 Å². The number of benzene rings is 1. The van der Waals surface area contributed by atoms with Crippen molar-refractivity contribution in [2.75, 3.05) is 32.5 Å². The number of hydrogen-bond donors (Lipinski definition) is 2. The van der Waals surface area contributed by atoms with Crippen LogP contribution in [0.3, 0.4) is 0 Å². The second kappa shape index (κ2) is 6.79. The fraction of sp³-hybridized carbons (Fsp3) is 0.333. The highest BCUT2D eigenvalue weighted by molar-refractivity contribution is 5.92. The summed E-state index contributed by atoms with van der Waals surface area (Å²) in [5.41, 5.74) is -0.492. The lowest BCUT2D eigenvalue weighted by Gasteiger charge is -2.11. The maximum atomic E-state index is 13.2. The monoisotopic (exact) mass is 271 g/mol. The molecule has 0 aliphatic heterocycles. The van der Waals surface area contributed by atoms with Gasteiger partial charge < -0.3 is 10.2 Å². The standard InChI is InChI=1S/C12H15F2N3O2/c1-17(2)11(19)7-15-6-10(18)16-12-8(13)4-3-5-9(12)14/h3-5,15H,6-7H2,1-2H3,(H,16,18). The molecule has 0 unspecified atom stereocenters. The van der Waals surface area contributed by atoms with E-state index in [4.69, 9.17) is 0 Å². The van der Waals surface area contributed by atoms with E-state index in [1.165, 1.54) is 11.0 Å². The Labute approximate surface area is 109 Å². The van der Waals surface area contributed by atoms with Crippen molar-refractivity contribution in [1.29, 1.82) is 0 Å². The normalized spacial score (nSPS) is 10.1. The Morgan fingerprint density at radius 1 is 1.16 bits per heavy atom. The maximum Gasteiger partial charge on any atom is 0.238 e. The molecule has 19 heavy (non-hydrogen) atoms. The number of rotatable bonds is 5. The van der Waals surface area contributed by atoms with Gasteiger partial charge in [0.1, 0.15) is 17.3 Å². The van der Waals surface area contributed by atoms with E-state index < -0.39 is 23.2 Å². The maximum absolute atomic E-state index is 13.2. The molecule has 5 nitrogen and oxygen atoms in total. The molecule has 0 bridgehead atoms. The predicted molar refractivity (Wildman–Crippen MR) is 66.6 cm³/mol. The Morgan fingerprint density at radius 2 is 1.74 bits per heavy atom. The lowest BCUT2D eigenvalue weighted by Crippen LogP contribution is -2.37. The van der Waals surface area contributed by atoms with Crippen molar-refractivity contribution in [2.45, 2.75) is 0 Å². The lowest BCUT2D eigenvalue weighted by atomic mass is 10.3. The molecule has 0 saturated carbocycles. The van der Waals surface area contributed by atoms with Crippen molar-refractivity contribution < 1.29 is 18.4 Å². The van der Waals surface area contributed by atoms with E-state index >= 15 is 0 Å². The summed E-state index contributed by atoms with van der Waals surface area (Å²) in [4.78, 5) is 24.0.